The van der Waals surface area contributed by atoms with E-state index in [0.29, 0.717) is 26.1 Å². The number of amides is 1. The Morgan fingerprint density at radius 1 is 0.973 bits per heavy atom. The minimum absolute atomic E-state index is 0.0782. The van der Waals surface area contributed by atoms with E-state index >= 15 is 0 Å². The first-order chi connectivity index (χ1) is 17.8. The summed E-state index contributed by atoms with van der Waals surface area (Å²) in [5, 5.41) is 14.0. The SMILES string of the molecule is NCNCc1cccc(C[C@@H](NS(=O)(=O)c2ccc3ccccc3c2)C(=O)N2CCC(C(=O)O)CC2)c1. The summed E-state index contributed by atoms with van der Waals surface area (Å²) in [5.74, 6) is -1.73. The Balaban J connectivity index is 1.59. The van der Waals surface area contributed by atoms with Crippen LogP contribution in [0, 0.1) is 5.92 Å². The van der Waals surface area contributed by atoms with Gasteiger partial charge in [0.15, 0.2) is 0 Å². The molecular weight excluding hydrogens is 492 g/mol. The number of carbonyl (C=O) groups is 2. The normalized spacial score (nSPS) is 15.5. The van der Waals surface area contributed by atoms with Crippen molar-refractivity contribution in [3.8, 4) is 0 Å². The van der Waals surface area contributed by atoms with Gasteiger partial charge in [0, 0.05) is 26.3 Å². The molecule has 10 heteroatoms. The number of piperidine rings is 1. The maximum Gasteiger partial charge on any atom is 0.306 e. The molecule has 0 unspecified atom stereocenters. The maximum absolute atomic E-state index is 13.6. The van der Waals surface area contributed by atoms with E-state index in [-0.39, 0.29) is 30.3 Å². The smallest absolute Gasteiger partial charge is 0.306 e. The predicted octanol–water partition coefficient (Wildman–Crippen LogP) is 2.06. The number of hydrogen-bond donors (Lipinski definition) is 4. The van der Waals surface area contributed by atoms with Gasteiger partial charge in [-0.05, 0) is 53.3 Å². The van der Waals surface area contributed by atoms with E-state index in [4.69, 9.17) is 5.73 Å². The number of carbonyl (C=O) groups excluding carboxylic acids is 1. The molecule has 3 aromatic carbocycles. The van der Waals surface area contributed by atoms with Crippen LogP contribution in [0.3, 0.4) is 0 Å². The van der Waals surface area contributed by atoms with Gasteiger partial charge in [-0.15, -0.1) is 0 Å². The molecule has 1 aliphatic rings. The van der Waals surface area contributed by atoms with Gasteiger partial charge < -0.3 is 21.1 Å². The van der Waals surface area contributed by atoms with Gasteiger partial charge >= 0.3 is 5.97 Å². The molecule has 37 heavy (non-hydrogen) atoms. The highest BCUT2D eigenvalue weighted by atomic mass is 32.2. The van der Waals surface area contributed by atoms with Gasteiger partial charge in [-0.3, -0.25) is 9.59 Å². The molecule has 1 amide bonds. The van der Waals surface area contributed by atoms with Crippen LogP contribution in [0.5, 0.6) is 0 Å². The first-order valence-electron chi connectivity index (χ1n) is 12.3. The lowest BCUT2D eigenvalue weighted by Gasteiger charge is -2.33. The van der Waals surface area contributed by atoms with Crippen LogP contribution in [-0.2, 0) is 32.6 Å². The van der Waals surface area contributed by atoms with E-state index in [0.717, 1.165) is 21.9 Å². The largest absolute Gasteiger partial charge is 0.481 e. The molecule has 0 bridgehead atoms. The molecule has 5 N–H and O–H groups in total. The van der Waals surface area contributed by atoms with Crippen molar-refractivity contribution in [1.82, 2.24) is 14.9 Å². The summed E-state index contributed by atoms with van der Waals surface area (Å²) in [6.07, 6.45) is 0.831. The predicted molar refractivity (Wildman–Crippen MR) is 141 cm³/mol. The minimum atomic E-state index is -4.02. The first-order valence-corrected chi connectivity index (χ1v) is 13.8. The summed E-state index contributed by atoms with van der Waals surface area (Å²) in [4.78, 5) is 26.6. The van der Waals surface area contributed by atoms with Gasteiger partial charge in [0.1, 0.15) is 6.04 Å². The number of sulfonamides is 1. The number of fused-ring (bicyclic) bond motifs is 1. The van der Waals surface area contributed by atoms with Crippen molar-refractivity contribution in [2.75, 3.05) is 19.8 Å². The molecule has 0 radical (unpaired) electrons. The Labute approximate surface area is 216 Å². The van der Waals surface area contributed by atoms with E-state index in [1.165, 1.54) is 6.07 Å². The zero-order valence-corrected chi connectivity index (χ0v) is 21.3. The molecule has 1 heterocycles. The third-order valence-electron chi connectivity index (χ3n) is 6.69. The molecular formula is C27H32N4O5S. The van der Waals surface area contributed by atoms with Gasteiger partial charge in [-0.1, -0.05) is 54.6 Å². The number of benzene rings is 3. The Morgan fingerprint density at radius 2 is 1.68 bits per heavy atom. The average Bonchev–Trinajstić information content (AvgIpc) is 2.91. The number of hydrogen-bond acceptors (Lipinski definition) is 6. The van der Waals surface area contributed by atoms with E-state index < -0.39 is 28.0 Å². The van der Waals surface area contributed by atoms with Crippen LogP contribution in [0.1, 0.15) is 24.0 Å². The molecule has 1 atom stereocenters. The van der Waals surface area contributed by atoms with Gasteiger partial charge in [0.05, 0.1) is 10.8 Å². The van der Waals surface area contributed by atoms with Crippen LogP contribution < -0.4 is 15.8 Å². The summed E-state index contributed by atoms with van der Waals surface area (Å²) < 4.78 is 29.5. The summed E-state index contributed by atoms with van der Waals surface area (Å²) in [6.45, 7) is 1.41. The second-order valence-corrected chi connectivity index (χ2v) is 11.0. The van der Waals surface area contributed by atoms with E-state index in [1.54, 1.807) is 17.0 Å². The third-order valence-corrected chi connectivity index (χ3v) is 8.16. The zero-order chi connectivity index (χ0) is 26.4. The van der Waals surface area contributed by atoms with Crippen molar-refractivity contribution in [2.45, 2.75) is 36.7 Å². The fourth-order valence-corrected chi connectivity index (χ4v) is 5.88. The van der Waals surface area contributed by atoms with Crippen LogP contribution in [0.4, 0.5) is 0 Å². The molecule has 1 fully saturated rings. The number of nitrogens with zero attached hydrogens (tertiary/aromatic N) is 1. The highest BCUT2D eigenvalue weighted by Crippen LogP contribution is 2.22. The van der Waals surface area contributed by atoms with Gasteiger partial charge in [0.25, 0.3) is 0 Å². The van der Waals surface area contributed by atoms with Crippen LogP contribution in [0.2, 0.25) is 0 Å². The van der Waals surface area contributed by atoms with E-state index in [2.05, 4.69) is 10.0 Å². The van der Waals surface area contributed by atoms with Crippen molar-refractivity contribution in [2.24, 2.45) is 11.7 Å². The Hall–Kier alpha value is -3.31. The van der Waals surface area contributed by atoms with Crippen molar-refractivity contribution in [3.63, 3.8) is 0 Å². The second kappa shape index (κ2) is 11.8. The monoisotopic (exact) mass is 524 g/mol. The van der Waals surface area contributed by atoms with E-state index in [1.807, 2.05) is 48.5 Å². The van der Waals surface area contributed by atoms with Crippen LogP contribution in [-0.4, -0.2) is 56.1 Å². The number of aliphatic carboxylic acids is 1. The topological polar surface area (TPSA) is 142 Å². The Bertz CT molecular complexity index is 1370. The molecule has 0 spiro atoms. The maximum atomic E-state index is 13.6. The number of carboxylic acid groups (broad SMARTS) is 1. The number of likely N-dealkylation sites (tertiary alicyclic amines) is 1. The molecule has 0 aliphatic carbocycles. The second-order valence-electron chi connectivity index (χ2n) is 9.28. The Kier molecular flexibility index (Phi) is 8.55. The summed E-state index contributed by atoms with van der Waals surface area (Å²) >= 11 is 0. The lowest BCUT2D eigenvalue weighted by Crippen LogP contribution is -2.52. The third kappa shape index (κ3) is 6.72. The van der Waals surface area contributed by atoms with Gasteiger partial charge in [-0.25, -0.2) is 8.42 Å². The lowest BCUT2D eigenvalue weighted by atomic mass is 9.96. The van der Waals surface area contributed by atoms with Gasteiger partial charge in [0.2, 0.25) is 15.9 Å². The molecule has 4 rings (SSSR count). The Morgan fingerprint density at radius 3 is 2.38 bits per heavy atom. The van der Waals surface area contributed by atoms with Crippen molar-refractivity contribution < 1.29 is 23.1 Å². The molecule has 196 valence electrons. The molecule has 1 saturated heterocycles. The molecule has 9 nitrogen and oxygen atoms in total. The quantitative estimate of drug-likeness (QED) is 0.297. The van der Waals surface area contributed by atoms with Crippen molar-refractivity contribution >= 4 is 32.7 Å². The zero-order valence-electron chi connectivity index (χ0n) is 20.5. The fraction of sp³-hybridized carbons (Fsp3) is 0.333. The summed E-state index contributed by atoms with van der Waals surface area (Å²) in [6, 6.07) is 18.8. The van der Waals surface area contributed by atoms with Crippen molar-refractivity contribution in [3.05, 3.63) is 77.9 Å². The highest BCUT2D eigenvalue weighted by molar-refractivity contribution is 7.89. The standard InChI is InChI=1S/C27H32N4O5S/c28-18-29-17-20-5-3-4-19(14-20)15-25(26(32)31-12-10-22(11-13-31)27(33)34)30-37(35,36)24-9-8-21-6-1-2-7-23(21)16-24/h1-9,14,16,22,25,29-30H,10-13,15,17-18,28H2,(H,33,34)/t25-/m1/s1. The summed E-state index contributed by atoms with van der Waals surface area (Å²) in [5.41, 5.74) is 7.30. The number of nitrogens with two attached hydrogens (primary N) is 1. The highest BCUT2D eigenvalue weighted by Gasteiger charge is 2.33. The number of nitrogens with one attached hydrogen (secondary N) is 2. The number of rotatable bonds is 10. The van der Waals surface area contributed by atoms with Crippen molar-refractivity contribution in [1.29, 1.82) is 0 Å². The average molecular weight is 525 g/mol. The van der Waals surface area contributed by atoms with E-state index in [9.17, 15) is 23.1 Å². The van der Waals surface area contributed by atoms with Crippen LogP contribution in [0.25, 0.3) is 10.8 Å². The molecule has 0 saturated carbocycles. The van der Waals surface area contributed by atoms with Gasteiger partial charge in [-0.2, -0.15) is 4.72 Å². The van der Waals surface area contributed by atoms with Crippen LogP contribution >= 0.6 is 0 Å². The molecule has 0 aromatic heterocycles. The minimum Gasteiger partial charge on any atom is -0.481 e. The number of carboxylic acids is 1. The first kappa shape index (κ1) is 26.7. The molecule has 3 aromatic rings. The summed E-state index contributed by atoms with van der Waals surface area (Å²) in [7, 11) is -4.02. The van der Waals surface area contributed by atoms with Crippen LogP contribution in [0.15, 0.2) is 71.6 Å². The lowest BCUT2D eigenvalue weighted by molar-refractivity contribution is -0.146. The molecule has 1 aliphatic heterocycles. The fourth-order valence-electron chi connectivity index (χ4n) is 4.66.